The summed E-state index contributed by atoms with van der Waals surface area (Å²) in [6, 6.07) is 17.9. The molecule has 4 heteroatoms. The molecular weight excluding hydrogens is 288 g/mol. The van der Waals surface area contributed by atoms with E-state index >= 15 is 0 Å². The van der Waals surface area contributed by atoms with Crippen molar-refractivity contribution in [2.75, 3.05) is 31.6 Å². The molecule has 0 saturated heterocycles. The van der Waals surface area contributed by atoms with Crippen LogP contribution in [0.2, 0.25) is 0 Å². The van der Waals surface area contributed by atoms with Crippen molar-refractivity contribution in [3.8, 4) is 11.1 Å². The predicted octanol–water partition coefficient (Wildman–Crippen LogP) is 3.31. The molecule has 0 aliphatic rings. The third kappa shape index (κ3) is 5.85. The minimum atomic E-state index is -0.0372. The molecule has 1 amide bonds. The fourth-order valence-electron chi connectivity index (χ4n) is 2.30. The fourth-order valence-corrected chi connectivity index (χ4v) is 2.30. The van der Waals surface area contributed by atoms with E-state index < -0.39 is 0 Å². The monoisotopic (exact) mass is 312 g/mol. The van der Waals surface area contributed by atoms with Gasteiger partial charge in [-0.05, 0) is 31.5 Å². The average Bonchev–Trinajstić information content (AvgIpc) is 2.59. The van der Waals surface area contributed by atoms with Crippen LogP contribution in [-0.4, -0.2) is 32.2 Å². The van der Waals surface area contributed by atoms with E-state index in [0.717, 1.165) is 43.0 Å². The Morgan fingerprint density at radius 1 is 1.04 bits per heavy atom. The summed E-state index contributed by atoms with van der Waals surface area (Å²) in [4.78, 5) is 12.1. The molecule has 0 aromatic heterocycles. The first-order valence-corrected chi connectivity index (χ1v) is 8.04. The molecule has 0 unspecified atom stereocenters. The van der Waals surface area contributed by atoms with Gasteiger partial charge in [0.2, 0.25) is 5.91 Å². The van der Waals surface area contributed by atoms with E-state index in [1.165, 1.54) is 0 Å². The third-order valence-electron chi connectivity index (χ3n) is 3.42. The summed E-state index contributed by atoms with van der Waals surface area (Å²) < 4.78 is 5.26. The predicted molar refractivity (Wildman–Crippen MR) is 94.5 cm³/mol. The highest BCUT2D eigenvalue weighted by atomic mass is 16.5. The normalized spacial score (nSPS) is 10.5. The zero-order chi connectivity index (χ0) is 16.3. The highest BCUT2D eigenvalue weighted by Crippen LogP contribution is 2.27. The van der Waals surface area contributed by atoms with E-state index in [0.29, 0.717) is 6.54 Å². The van der Waals surface area contributed by atoms with Gasteiger partial charge in [-0.1, -0.05) is 48.5 Å². The molecule has 0 saturated carbocycles. The van der Waals surface area contributed by atoms with Crippen molar-refractivity contribution < 1.29 is 9.53 Å². The van der Waals surface area contributed by atoms with Gasteiger partial charge in [-0.15, -0.1) is 0 Å². The smallest absolute Gasteiger partial charge is 0.238 e. The topological polar surface area (TPSA) is 50.4 Å². The SMILES string of the molecule is CCOCCCNCC(=O)Nc1ccccc1-c1ccccc1. The first-order valence-electron chi connectivity index (χ1n) is 8.04. The Morgan fingerprint density at radius 2 is 1.78 bits per heavy atom. The zero-order valence-electron chi connectivity index (χ0n) is 13.5. The number of para-hydroxylation sites is 1. The summed E-state index contributed by atoms with van der Waals surface area (Å²) in [5.41, 5.74) is 2.95. The minimum Gasteiger partial charge on any atom is -0.382 e. The van der Waals surface area contributed by atoms with Gasteiger partial charge in [0.1, 0.15) is 0 Å². The summed E-state index contributed by atoms with van der Waals surface area (Å²) in [5.74, 6) is -0.0372. The molecule has 0 aliphatic heterocycles. The van der Waals surface area contributed by atoms with Gasteiger partial charge in [0.25, 0.3) is 0 Å². The molecule has 2 aromatic rings. The molecule has 0 radical (unpaired) electrons. The van der Waals surface area contributed by atoms with Crippen LogP contribution in [-0.2, 0) is 9.53 Å². The minimum absolute atomic E-state index is 0.0372. The lowest BCUT2D eigenvalue weighted by Crippen LogP contribution is -2.29. The van der Waals surface area contributed by atoms with Crippen molar-refractivity contribution in [2.24, 2.45) is 0 Å². The average molecular weight is 312 g/mol. The second kappa shape index (κ2) is 9.77. The molecule has 4 nitrogen and oxygen atoms in total. The molecule has 2 rings (SSSR count). The quantitative estimate of drug-likeness (QED) is 0.699. The van der Waals surface area contributed by atoms with Gasteiger partial charge < -0.3 is 15.4 Å². The summed E-state index contributed by atoms with van der Waals surface area (Å²) in [6.07, 6.45) is 0.904. The third-order valence-corrected chi connectivity index (χ3v) is 3.42. The first kappa shape index (κ1) is 17.2. The molecular formula is C19H24N2O2. The van der Waals surface area contributed by atoms with Crippen LogP contribution in [0.25, 0.3) is 11.1 Å². The van der Waals surface area contributed by atoms with E-state index in [1.54, 1.807) is 0 Å². The van der Waals surface area contributed by atoms with Gasteiger partial charge in [-0.2, -0.15) is 0 Å². The van der Waals surface area contributed by atoms with Crippen molar-refractivity contribution >= 4 is 11.6 Å². The summed E-state index contributed by atoms with van der Waals surface area (Å²) in [5, 5.41) is 6.11. The number of carbonyl (C=O) groups excluding carboxylic acids is 1. The number of benzene rings is 2. The van der Waals surface area contributed by atoms with Crippen LogP contribution >= 0.6 is 0 Å². The Morgan fingerprint density at radius 3 is 2.57 bits per heavy atom. The Labute approximate surface area is 137 Å². The molecule has 2 aromatic carbocycles. The second-order valence-corrected chi connectivity index (χ2v) is 5.19. The standard InChI is InChI=1S/C19H24N2O2/c1-2-23-14-8-13-20-15-19(22)21-18-12-7-6-11-17(18)16-9-4-3-5-10-16/h3-7,9-12,20H,2,8,13-15H2,1H3,(H,21,22). The van der Waals surface area contributed by atoms with Gasteiger partial charge in [-0.25, -0.2) is 0 Å². The fraction of sp³-hybridized carbons (Fsp3) is 0.316. The van der Waals surface area contributed by atoms with Crippen LogP contribution < -0.4 is 10.6 Å². The van der Waals surface area contributed by atoms with Crippen LogP contribution in [0.15, 0.2) is 54.6 Å². The zero-order valence-corrected chi connectivity index (χ0v) is 13.5. The van der Waals surface area contributed by atoms with Gasteiger partial charge in [0.05, 0.1) is 6.54 Å². The Bertz CT molecular complexity index is 599. The summed E-state index contributed by atoms with van der Waals surface area (Å²) in [7, 11) is 0. The lowest BCUT2D eigenvalue weighted by molar-refractivity contribution is -0.115. The first-order chi connectivity index (χ1) is 11.3. The number of nitrogens with one attached hydrogen (secondary N) is 2. The van der Waals surface area contributed by atoms with Gasteiger partial charge in [0.15, 0.2) is 0 Å². The number of hydrogen-bond acceptors (Lipinski definition) is 3. The van der Waals surface area contributed by atoms with Gasteiger partial charge in [-0.3, -0.25) is 4.79 Å². The molecule has 122 valence electrons. The Balaban J connectivity index is 1.87. The number of carbonyl (C=O) groups is 1. The van der Waals surface area contributed by atoms with Gasteiger partial charge in [0, 0.05) is 24.5 Å². The molecule has 2 N–H and O–H groups in total. The lowest BCUT2D eigenvalue weighted by atomic mass is 10.0. The van der Waals surface area contributed by atoms with Crippen LogP contribution in [0.3, 0.4) is 0 Å². The van der Waals surface area contributed by atoms with E-state index in [4.69, 9.17) is 4.74 Å². The number of hydrogen-bond donors (Lipinski definition) is 2. The maximum atomic E-state index is 12.1. The largest absolute Gasteiger partial charge is 0.382 e. The van der Waals surface area contributed by atoms with E-state index in [9.17, 15) is 4.79 Å². The highest BCUT2D eigenvalue weighted by Gasteiger charge is 2.07. The van der Waals surface area contributed by atoms with Crippen LogP contribution in [0.5, 0.6) is 0 Å². The number of rotatable bonds is 9. The Hall–Kier alpha value is -2.17. The van der Waals surface area contributed by atoms with Crippen LogP contribution in [0.4, 0.5) is 5.69 Å². The van der Waals surface area contributed by atoms with Crippen molar-refractivity contribution in [2.45, 2.75) is 13.3 Å². The molecule has 23 heavy (non-hydrogen) atoms. The van der Waals surface area contributed by atoms with Crippen molar-refractivity contribution in [1.82, 2.24) is 5.32 Å². The molecule has 0 atom stereocenters. The maximum absolute atomic E-state index is 12.1. The number of ether oxygens (including phenoxy) is 1. The van der Waals surface area contributed by atoms with Crippen molar-refractivity contribution in [3.05, 3.63) is 54.6 Å². The highest BCUT2D eigenvalue weighted by molar-refractivity contribution is 5.96. The lowest BCUT2D eigenvalue weighted by Gasteiger charge is -2.12. The Kier molecular flexibility index (Phi) is 7.30. The van der Waals surface area contributed by atoms with E-state index in [2.05, 4.69) is 10.6 Å². The van der Waals surface area contributed by atoms with E-state index in [-0.39, 0.29) is 5.91 Å². The second-order valence-electron chi connectivity index (χ2n) is 5.19. The molecule has 0 fully saturated rings. The van der Waals surface area contributed by atoms with Crippen molar-refractivity contribution in [3.63, 3.8) is 0 Å². The number of amides is 1. The molecule has 0 heterocycles. The van der Waals surface area contributed by atoms with Gasteiger partial charge >= 0.3 is 0 Å². The van der Waals surface area contributed by atoms with Crippen LogP contribution in [0.1, 0.15) is 13.3 Å². The van der Waals surface area contributed by atoms with E-state index in [1.807, 2.05) is 61.5 Å². The molecule has 0 bridgehead atoms. The number of anilines is 1. The summed E-state index contributed by atoms with van der Waals surface area (Å²) >= 11 is 0. The maximum Gasteiger partial charge on any atom is 0.238 e. The van der Waals surface area contributed by atoms with Crippen LogP contribution in [0, 0.1) is 0 Å². The molecule has 0 aliphatic carbocycles. The molecule has 0 spiro atoms. The summed E-state index contributed by atoms with van der Waals surface area (Å²) in [6.45, 7) is 4.51. The van der Waals surface area contributed by atoms with Crippen molar-refractivity contribution in [1.29, 1.82) is 0 Å².